The molecule has 0 radical (unpaired) electrons. The monoisotopic (exact) mass is 481 g/mol. The minimum atomic E-state index is -4.98. The van der Waals surface area contributed by atoms with E-state index >= 15 is 0 Å². The highest BCUT2D eigenvalue weighted by Crippen LogP contribution is 2.33. The number of carbonyl (C=O) groups excluding carboxylic acids is 2. The lowest BCUT2D eigenvalue weighted by atomic mass is 10.1. The molecule has 160 valence electrons. The van der Waals surface area contributed by atoms with E-state index in [0.29, 0.717) is 11.3 Å². The van der Waals surface area contributed by atoms with Crippen LogP contribution in [0.3, 0.4) is 0 Å². The first-order valence-corrected chi connectivity index (χ1v) is 9.20. The molecule has 0 spiro atoms. The molecule has 0 aromatic heterocycles. The number of carbonyl (C=O) groups is 2. The second-order valence-electron chi connectivity index (χ2n) is 5.75. The van der Waals surface area contributed by atoms with E-state index in [2.05, 4.69) is 10.5 Å². The molecule has 0 saturated heterocycles. The Morgan fingerprint density at radius 3 is 2.23 bits per heavy atom. The summed E-state index contributed by atoms with van der Waals surface area (Å²) in [6, 6.07) is 8.16. The van der Waals surface area contributed by atoms with E-state index in [0.717, 1.165) is 0 Å². The Morgan fingerprint density at radius 2 is 1.63 bits per heavy atom. The van der Waals surface area contributed by atoms with Crippen LogP contribution in [0.25, 0.3) is 0 Å². The quantitative estimate of drug-likeness (QED) is 0.343. The summed E-state index contributed by atoms with van der Waals surface area (Å²) >= 11 is 17.6. The number of ether oxygens (including phenoxy) is 1. The third-order valence-electron chi connectivity index (χ3n) is 3.50. The molecular formula is C18H13Cl3F3N3O3. The summed E-state index contributed by atoms with van der Waals surface area (Å²) in [4.78, 5) is 22.8. The summed E-state index contributed by atoms with van der Waals surface area (Å²) in [5, 5.41) is 6.23. The van der Waals surface area contributed by atoms with Crippen LogP contribution in [0, 0.1) is 0 Å². The number of anilines is 1. The zero-order valence-corrected chi connectivity index (χ0v) is 17.4. The fourth-order valence-electron chi connectivity index (χ4n) is 2.00. The van der Waals surface area contributed by atoms with Crippen molar-refractivity contribution in [3.63, 3.8) is 0 Å². The van der Waals surface area contributed by atoms with Gasteiger partial charge in [-0.2, -0.15) is 18.3 Å². The summed E-state index contributed by atoms with van der Waals surface area (Å²) in [6.07, 6.45) is -4.98. The molecule has 2 N–H and O–H groups in total. The number of halogens is 6. The SMILES string of the molecule is CC(=NNC(=O)COc1cc(Cl)c(Cl)cc1Cl)c1ccc(NC(=O)C(F)(F)F)cc1. The summed E-state index contributed by atoms with van der Waals surface area (Å²) in [5.74, 6) is -2.50. The van der Waals surface area contributed by atoms with E-state index in [1.807, 2.05) is 0 Å². The van der Waals surface area contributed by atoms with Crippen molar-refractivity contribution in [2.24, 2.45) is 5.10 Å². The van der Waals surface area contributed by atoms with E-state index in [9.17, 15) is 22.8 Å². The molecule has 2 aromatic rings. The number of hydrogen-bond acceptors (Lipinski definition) is 4. The second kappa shape index (κ2) is 10.0. The molecule has 0 unspecified atom stereocenters. The van der Waals surface area contributed by atoms with E-state index in [-0.39, 0.29) is 26.5 Å². The Morgan fingerprint density at radius 1 is 1.03 bits per heavy atom. The smallest absolute Gasteiger partial charge is 0.471 e. The standard InChI is InChI=1S/C18H13Cl3F3N3O3/c1-9(10-2-4-11(5-3-10)25-17(29)18(22,23)24)26-27-16(28)8-30-15-7-13(20)12(19)6-14(15)21/h2-7H,8H2,1H3,(H,25,29)(H,27,28). The van der Waals surface area contributed by atoms with Crippen molar-refractivity contribution in [3.8, 4) is 5.75 Å². The average Bonchev–Trinajstić information content (AvgIpc) is 2.67. The normalized spacial score (nSPS) is 11.8. The predicted molar refractivity (Wildman–Crippen MR) is 108 cm³/mol. The van der Waals surface area contributed by atoms with Crippen LogP contribution in [0.1, 0.15) is 12.5 Å². The molecular weight excluding hydrogens is 470 g/mol. The van der Waals surface area contributed by atoms with E-state index in [4.69, 9.17) is 39.5 Å². The van der Waals surface area contributed by atoms with Crippen molar-refractivity contribution in [2.75, 3.05) is 11.9 Å². The van der Waals surface area contributed by atoms with Gasteiger partial charge in [0, 0.05) is 11.8 Å². The van der Waals surface area contributed by atoms with Gasteiger partial charge < -0.3 is 10.1 Å². The van der Waals surface area contributed by atoms with Crippen LogP contribution >= 0.6 is 34.8 Å². The zero-order valence-electron chi connectivity index (χ0n) is 15.1. The summed E-state index contributed by atoms with van der Waals surface area (Å²) in [5.41, 5.74) is 3.10. The molecule has 6 nitrogen and oxygen atoms in total. The highest BCUT2D eigenvalue weighted by atomic mass is 35.5. The molecule has 0 bridgehead atoms. The molecule has 0 fully saturated rings. The van der Waals surface area contributed by atoms with Gasteiger partial charge in [0.25, 0.3) is 5.91 Å². The fourth-order valence-corrected chi connectivity index (χ4v) is 2.59. The number of nitrogens with zero attached hydrogens (tertiary/aromatic N) is 1. The van der Waals surface area contributed by atoms with Gasteiger partial charge in [0.1, 0.15) is 5.75 Å². The van der Waals surface area contributed by atoms with E-state index < -0.39 is 24.6 Å². The molecule has 12 heteroatoms. The van der Waals surface area contributed by atoms with Crippen molar-refractivity contribution in [2.45, 2.75) is 13.1 Å². The van der Waals surface area contributed by atoms with Gasteiger partial charge in [0.15, 0.2) is 6.61 Å². The Bertz CT molecular complexity index is 980. The van der Waals surface area contributed by atoms with Crippen molar-refractivity contribution < 1.29 is 27.5 Å². The van der Waals surface area contributed by atoms with Crippen molar-refractivity contribution in [1.29, 1.82) is 0 Å². The highest BCUT2D eigenvalue weighted by Gasteiger charge is 2.38. The van der Waals surface area contributed by atoms with Crippen LogP contribution in [0.5, 0.6) is 5.75 Å². The minimum Gasteiger partial charge on any atom is -0.482 e. The maximum Gasteiger partial charge on any atom is 0.471 e. The van der Waals surface area contributed by atoms with Crippen LogP contribution in [-0.2, 0) is 9.59 Å². The van der Waals surface area contributed by atoms with Gasteiger partial charge in [-0.05, 0) is 30.7 Å². The van der Waals surface area contributed by atoms with Crippen molar-refractivity contribution >= 4 is 58.0 Å². The molecule has 2 aromatic carbocycles. The average molecular weight is 483 g/mol. The molecule has 2 rings (SSSR count). The van der Waals surface area contributed by atoms with Gasteiger partial charge in [0.2, 0.25) is 0 Å². The maximum atomic E-state index is 12.2. The molecule has 0 aliphatic heterocycles. The molecule has 2 amide bonds. The molecule has 0 atom stereocenters. The van der Waals surface area contributed by atoms with Crippen molar-refractivity contribution in [1.82, 2.24) is 5.43 Å². The molecule has 0 heterocycles. The number of benzene rings is 2. The largest absolute Gasteiger partial charge is 0.482 e. The fraction of sp³-hybridized carbons (Fsp3) is 0.167. The third-order valence-corrected chi connectivity index (χ3v) is 4.52. The van der Waals surface area contributed by atoms with Gasteiger partial charge >= 0.3 is 12.1 Å². The Labute approximate surface area is 183 Å². The van der Waals surface area contributed by atoms with Gasteiger partial charge in [-0.1, -0.05) is 46.9 Å². The molecule has 30 heavy (non-hydrogen) atoms. The number of hydrogen-bond donors (Lipinski definition) is 2. The summed E-state index contributed by atoms with van der Waals surface area (Å²) in [7, 11) is 0. The number of hydrazone groups is 1. The minimum absolute atomic E-state index is 0.0372. The predicted octanol–water partition coefficient (Wildman–Crippen LogP) is 5.07. The first-order chi connectivity index (χ1) is 14.0. The number of nitrogens with one attached hydrogen (secondary N) is 2. The number of rotatable bonds is 6. The van der Waals surface area contributed by atoms with Crippen LogP contribution in [0.4, 0.5) is 18.9 Å². The molecule has 0 saturated carbocycles. The van der Waals surface area contributed by atoms with Gasteiger partial charge in [-0.25, -0.2) is 5.43 Å². The Kier molecular flexibility index (Phi) is 7.94. The highest BCUT2D eigenvalue weighted by molar-refractivity contribution is 6.43. The summed E-state index contributed by atoms with van der Waals surface area (Å²) < 4.78 is 42.0. The Hall–Kier alpha value is -2.49. The molecule has 0 aliphatic carbocycles. The zero-order chi connectivity index (χ0) is 22.5. The summed E-state index contributed by atoms with van der Waals surface area (Å²) in [6.45, 7) is 1.16. The maximum absolute atomic E-state index is 12.2. The van der Waals surface area contributed by atoms with Gasteiger partial charge in [-0.15, -0.1) is 0 Å². The first-order valence-electron chi connectivity index (χ1n) is 8.06. The first kappa shape index (κ1) is 23.8. The lowest BCUT2D eigenvalue weighted by Gasteiger charge is -2.09. The van der Waals surface area contributed by atoms with Gasteiger partial charge in [0.05, 0.1) is 20.8 Å². The van der Waals surface area contributed by atoms with Crippen LogP contribution < -0.4 is 15.5 Å². The lowest BCUT2D eigenvalue weighted by molar-refractivity contribution is -0.167. The number of amides is 2. The van der Waals surface area contributed by atoms with Crippen molar-refractivity contribution in [3.05, 3.63) is 57.0 Å². The third kappa shape index (κ3) is 6.79. The van der Waals surface area contributed by atoms with Crippen LogP contribution in [-0.4, -0.2) is 30.3 Å². The second-order valence-corrected chi connectivity index (χ2v) is 6.97. The van der Waals surface area contributed by atoms with Gasteiger partial charge in [-0.3, -0.25) is 9.59 Å². The topological polar surface area (TPSA) is 79.8 Å². The number of alkyl halides is 3. The van der Waals surface area contributed by atoms with E-state index in [1.54, 1.807) is 12.2 Å². The van der Waals surface area contributed by atoms with Crippen LogP contribution in [0.2, 0.25) is 15.1 Å². The van der Waals surface area contributed by atoms with Crippen LogP contribution in [0.15, 0.2) is 41.5 Å². The van der Waals surface area contributed by atoms with E-state index in [1.165, 1.54) is 36.4 Å². The molecule has 0 aliphatic rings. The lowest BCUT2D eigenvalue weighted by Crippen LogP contribution is -2.29. The Balaban J connectivity index is 1.92.